The monoisotopic (exact) mass is 485 g/mol. The van der Waals surface area contributed by atoms with Gasteiger partial charge in [-0.2, -0.15) is 4.31 Å². The van der Waals surface area contributed by atoms with Crippen LogP contribution in [0.25, 0.3) is 11.0 Å². The van der Waals surface area contributed by atoms with Crippen LogP contribution >= 0.6 is 0 Å². The zero-order valence-electron chi connectivity index (χ0n) is 19.8. The smallest absolute Gasteiger partial charge is 0.237 e. The zero-order valence-corrected chi connectivity index (χ0v) is 20.6. The third kappa shape index (κ3) is 5.37. The molecule has 1 aromatic heterocycles. The van der Waals surface area contributed by atoms with Gasteiger partial charge in [-0.05, 0) is 50.6 Å². The first-order valence-electron chi connectivity index (χ1n) is 11.5. The fourth-order valence-electron chi connectivity index (χ4n) is 4.20. The molecule has 34 heavy (non-hydrogen) atoms. The molecule has 4 rings (SSSR count). The topological polar surface area (TPSA) is 92.1 Å². The van der Waals surface area contributed by atoms with Crippen LogP contribution in [0.4, 0.5) is 5.69 Å². The number of fused-ring (bicyclic) bond motifs is 1. The van der Waals surface area contributed by atoms with Crippen LogP contribution in [0.1, 0.15) is 31.2 Å². The molecular formula is C25H31N3O5S. The molecule has 3 aromatic rings. The van der Waals surface area contributed by atoms with Crippen LogP contribution in [0.2, 0.25) is 0 Å². The van der Waals surface area contributed by atoms with E-state index in [0.717, 1.165) is 16.6 Å². The number of para-hydroxylation sites is 1. The van der Waals surface area contributed by atoms with Crippen molar-refractivity contribution in [3.8, 4) is 5.75 Å². The van der Waals surface area contributed by atoms with Crippen LogP contribution in [-0.2, 0) is 14.8 Å². The Labute approximate surface area is 200 Å². The van der Waals surface area contributed by atoms with Gasteiger partial charge in [-0.3, -0.25) is 4.79 Å². The average Bonchev–Trinajstić information content (AvgIpc) is 3.25. The minimum atomic E-state index is -3.72. The molecule has 0 saturated carbocycles. The van der Waals surface area contributed by atoms with Gasteiger partial charge in [0.2, 0.25) is 15.9 Å². The highest BCUT2D eigenvalue weighted by atomic mass is 32.2. The Bertz CT molecular complexity index is 1260. The maximum absolute atomic E-state index is 12.9. The maximum Gasteiger partial charge on any atom is 0.237 e. The molecule has 1 atom stereocenters. The van der Waals surface area contributed by atoms with E-state index in [-0.39, 0.29) is 0 Å². The predicted octanol–water partition coefficient (Wildman–Crippen LogP) is 3.47. The SMILES string of the molecule is CCOc1cccc2cc([C@H](C)NC(=O)CS(=O)(=O)N3CCN(c4cccc(C)c4)CC3)oc12. The minimum absolute atomic E-state index is 0.350. The summed E-state index contributed by atoms with van der Waals surface area (Å²) in [6.07, 6.45) is 0. The van der Waals surface area contributed by atoms with Crippen molar-refractivity contribution in [2.24, 2.45) is 0 Å². The maximum atomic E-state index is 12.9. The molecule has 0 radical (unpaired) electrons. The van der Waals surface area contributed by atoms with E-state index in [1.807, 2.05) is 56.3 Å². The lowest BCUT2D eigenvalue weighted by Gasteiger charge is -2.35. The third-order valence-electron chi connectivity index (χ3n) is 5.94. The summed E-state index contributed by atoms with van der Waals surface area (Å²) in [5, 5.41) is 3.62. The molecule has 8 nitrogen and oxygen atoms in total. The molecule has 0 spiro atoms. The summed E-state index contributed by atoms with van der Waals surface area (Å²) in [6.45, 7) is 8.08. The molecular weight excluding hydrogens is 454 g/mol. The Morgan fingerprint density at radius 3 is 2.56 bits per heavy atom. The molecule has 1 fully saturated rings. The molecule has 9 heteroatoms. The largest absolute Gasteiger partial charge is 0.490 e. The standard InChI is InChI=1S/C25H31N3O5S/c1-4-32-22-10-6-8-20-16-23(33-25(20)22)19(3)26-24(29)17-34(30,31)28-13-11-27(12-14-28)21-9-5-7-18(2)15-21/h5-10,15-16,19H,4,11-14,17H2,1-3H3,(H,26,29)/t19-/m0/s1. The van der Waals surface area contributed by atoms with Gasteiger partial charge in [0.15, 0.2) is 11.3 Å². The second-order valence-corrected chi connectivity index (χ2v) is 10.5. The van der Waals surface area contributed by atoms with E-state index in [1.165, 1.54) is 4.31 Å². The molecule has 0 aliphatic carbocycles. The lowest BCUT2D eigenvalue weighted by molar-refractivity contribution is -0.119. The van der Waals surface area contributed by atoms with Crippen LogP contribution in [0.3, 0.4) is 0 Å². The molecule has 182 valence electrons. The summed E-state index contributed by atoms with van der Waals surface area (Å²) >= 11 is 0. The number of anilines is 1. The van der Waals surface area contributed by atoms with E-state index in [4.69, 9.17) is 9.15 Å². The van der Waals surface area contributed by atoms with Gasteiger partial charge < -0.3 is 19.4 Å². The second-order valence-electron chi connectivity index (χ2n) is 8.53. The summed E-state index contributed by atoms with van der Waals surface area (Å²) < 4.78 is 38.7. The van der Waals surface area contributed by atoms with E-state index in [9.17, 15) is 13.2 Å². The van der Waals surface area contributed by atoms with E-state index in [2.05, 4.69) is 16.3 Å². The lowest BCUT2D eigenvalue weighted by Crippen LogP contribution is -2.50. The lowest BCUT2D eigenvalue weighted by atomic mass is 10.2. The van der Waals surface area contributed by atoms with Crippen molar-refractivity contribution in [1.29, 1.82) is 0 Å². The summed E-state index contributed by atoms with van der Waals surface area (Å²) in [4.78, 5) is 14.8. The molecule has 2 aromatic carbocycles. The van der Waals surface area contributed by atoms with E-state index < -0.39 is 27.7 Å². The number of rotatable bonds is 8. The number of nitrogens with one attached hydrogen (secondary N) is 1. The molecule has 1 N–H and O–H groups in total. The van der Waals surface area contributed by atoms with Gasteiger partial charge in [0.1, 0.15) is 11.5 Å². The Morgan fingerprint density at radius 2 is 1.85 bits per heavy atom. The molecule has 1 aliphatic rings. The average molecular weight is 486 g/mol. The van der Waals surface area contributed by atoms with E-state index in [0.29, 0.717) is 49.9 Å². The highest BCUT2D eigenvalue weighted by Gasteiger charge is 2.30. The first-order valence-corrected chi connectivity index (χ1v) is 13.1. The van der Waals surface area contributed by atoms with Crippen molar-refractivity contribution in [2.75, 3.05) is 43.4 Å². The van der Waals surface area contributed by atoms with Crippen molar-refractivity contribution in [3.05, 3.63) is 59.9 Å². The van der Waals surface area contributed by atoms with Gasteiger partial charge in [0.05, 0.1) is 12.6 Å². The van der Waals surface area contributed by atoms with Crippen LogP contribution in [0.15, 0.2) is 52.9 Å². The van der Waals surface area contributed by atoms with Crippen molar-refractivity contribution in [1.82, 2.24) is 9.62 Å². The molecule has 1 aliphatic heterocycles. The Balaban J connectivity index is 1.35. The number of carbonyl (C=O) groups excluding carboxylic acids is 1. The number of furan rings is 1. The zero-order chi connectivity index (χ0) is 24.3. The first kappa shape index (κ1) is 24.1. The van der Waals surface area contributed by atoms with E-state index in [1.54, 1.807) is 6.92 Å². The minimum Gasteiger partial charge on any atom is -0.490 e. The highest BCUT2D eigenvalue weighted by Crippen LogP contribution is 2.31. The number of ether oxygens (including phenoxy) is 1. The Hall–Kier alpha value is -3.04. The third-order valence-corrected chi connectivity index (χ3v) is 7.72. The van der Waals surface area contributed by atoms with Gasteiger partial charge in [-0.15, -0.1) is 0 Å². The van der Waals surface area contributed by atoms with Crippen molar-refractivity contribution >= 4 is 32.6 Å². The number of nitrogens with zero attached hydrogens (tertiary/aromatic N) is 2. The van der Waals surface area contributed by atoms with Crippen LogP contribution in [0.5, 0.6) is 5.75 Å². The number of aryl methyl sites for hydroxylation is 1. The number of hydrogen-bond donors (Lipinski definition) is 1. The summed E-state index contributed by atoms with van der Waals surface area (Å²) in [7, 11) is -3.72. The fourth-order valence-corrected chi connectivity index (χ4v) is 5.52. The quantitative estimate of drug-likeness (QED) is 0.525. The van der Waals surface area contributed by atoms with Crippen molar-refractivity contribution < 1.29 is 22.4 Å². The Kier molecular flexibility index (Phi) is 7.13. The number of benzene rings is 2. The number of hydrogen-bond acceptors (Lipinski definition) is 6. The van der Waals surface area contributed by atoms with Crippen LogP contribution in [-0.4, -0.2) is 57.2 Å². The van der Waals surface area contributed by atoms with Crippen molar-refractivity contribution in [2.45, 2.75) is 26.8 Å². The predicted molar refractivity (Wildman–Crippen MR) is 133 cm³/mol. The van der Waals surface area contributed by atoms with Gasteiger partial charge in [0.25, 0.3) is 0 Å². The molecule has 1 amide bonds. The van der Waals surface area contributed by atoms with Crippen LogP contribution < -0.4 is 15.0 Å². The molecule has 2 heterocycles. The van der Waals surface area contributed by atoms with Crippen LogP contribution in [0, 0.1) is 6.92 Å². The van der Waals surface area contributed by atoms with Gasteiger partial charge in [0, 0.05) is 37.3 Å². The van der Waals surface area contributed by atoms with Gasteiger partial charge in [-0.25, -0.2) is 8.42 Å². The molecule has 0 bridgehead atoms. The molecule has 0 unspecified atom stereocenters. The number of amides is 1. The second kappa shape index (κ2) is 10.1. The normalized spacial score (nSPS) is 15.9. The van der Waals surface area contributed by atoms with E-state index >= 15 is 0 Å². The Morgan fingerprint density at radius 1 is 1.12 bits per heavy atom. The number of piperazine rings is 1. The summed E-state index contributed by atoms with van der Waals surface area (Å²) in [5.74, 6) is 0.0302. The highest BCUT2D eigenvalue weighted by molar-refractivity contribution is 7.89. The first-order chi connectivity index (χ1) is 16.3. The molecule has 1 saturated heterocycles. The fraction of sp³-hybridized carbons (Fsp3) is 0.400. The summed E-state index contributed by atoms with van der Waals surface area (Å²) in [5.41, 5.74) is 2.86. The van der Waals surface area contributed by atoms with Gasteiger partial charge >= 0.3 is 0 Å². The number of sulfonamides is 1. The number of carbonyl (C=O) groups is 1. The van der Waals surface area contributed by atoms with Gasteiger partial charge in [-0.1, -0.05) is 24.3 Å². The summed E-state index contributed by atoms with van der Waals surface area (Å²) in [6, 6.07) is 15.1. The van der Waals surface area contributed by atoms with Crippen molar-refractivity contribution in [3.63, 3.8) is 0 Å².